The molecule has 0 unspecified atom stereocenters. The molecule has 0 amide bonds. The fourth-order valence-electron chi connectivity index (χ4n) is 2.19. The number of carbonyl (C=O) groups is 1. The molecule has 0 spiro atoms. The predicted octanol–water partition coefficient (Wildman–Crippen LogP) is 3.02. The number of hydrogen-bond acceptors (Lipinski definition) is 6. The van der Waals surface area contributed by atoms with Crippen LogP contribution in [-0.2, 0) is 6.54 Å². The number of nitrogens with zero attached hydrogens (tertiary/aromatic N) is 3. The van der Waals surface area contributed by atoms with Crippen LogP contribution < -0.4 is 4.80 Å². The van der Waals surface area contributed by atoms with Crippen LogP contribution in [0.2, 0.25) is 0 Å². The first-order valence-electron chi connectivity index (χ1n) is 7.11. The summed E-state index contributed by atoms with van der Waals surface area (Å²) in [4.78, 5) is 22.5. The molecule has 0 aliphatic carbocycles. The summed E-state index contributed by atoms with van der Waals surface area (Å²) in [6, 6.07) is 11.4. The summed E-state index contributed by atoms with van der Waals surface area (Å²) < 4.78 is 15.0. The Morgan fingerprint density at radius 1 is 1.28 bits per heavy atom. The molecule has 1 N–H and O–H groups in total. The zero-order chi connectivity index (χ0) is 18.0. The number of nitro benzene ring substituents is 1. The molecule has 3 aromatic rings. The van der Waals surface area contributed by atoms with E-state index in [2.05, 4.69) is 5.10 Å². The monoisotopic (exact) mass is 358 g/mol. The van der Waals surface area contributed by atoms with E-state index in [4.69, 9.17) is 5.41 Å². The number of halogens is 1. The van der Waals surface area contributed by atoms with Crippen LogP contribution in [0.5, 0.6) is 0 Å². The van der Waals surface area contributed by atoms with Crippen molar-refractivity contribution in [2.45, 2.75) is 6.54 Å². The molecule has 0 bridgehead atoms. The van der Waals surface area contributed by atoms with Crippen molar-refractivity contribution >= 4 is 22.8 Å². The highest BCUT2D eigenvalue weighted by Gasteiger charge is 2.15. The maximum absolute atomic E-state index is 13.8. The summed E-state index contributed by atoms with van der Waals surface area (Å²) in [5.74, 6) is -0.888. The van der Waals surface area contributed by atoms with Crippen LogP contribution in [0, 0.1) is 21.3 Å². The van der Waals surface area contributed by atoms with Gasteiger partial charge < -0.3 is 0 Å². The number of aromatic nitrogens is 2. The molecular weight excluding hydrogens is 347 g/mol. The lowest BCUT2D eigenvalue weighted by Gasteiger charge is -2.02. The molecule has 2 aromatic carbocycles. The third-order valence-electron chi connectivity index (χ3n) is 3.42. The Balaban J connectivity index is 1.88. The first kappa shape index (κ1) is 16.7. The third kappa shape index (κ3) is 3.50. The van der Waals surface area contributed by atoms with Crippen molar-refractivity contribution in [1.29, 1.82) is 5.41 Å². The van der Waals surface area contributed by atoms with Gasteiger partial charge in [0.15, 0.2) is 5.78 Å². The standard InChI is InChI=1S/C16H11FN4O3S/c17-13-7-2-1-6-12(13)15-19-20(16(18)25-15)9-14(22)10-4-3-5-11(8-10)21(23)24/h1-8,18H,9H2. The first-order chi connectivity index (χ1) is 12.0. The van der Waals surface area contributed by atoms with Gasteiger partial charge in [-0.2, -0.15) is 5.10 Å². The average molecular weight is 358 g/mol. The lowest BCUT2D eigenvalue weighted by molar-refractivity contribution is -0.384. The second kappa shape index (κ2) is 6.73. The van der Waals surface area contributed by atoms with E-state index in [1.807, 2.05) is 0 Å². The van der Waals surface area contributed by atoms with E-state index in [-0.39, 0.29) is 33.2 Å². The molecule has 0 saturated heterocycles. The van der Waals surface area contributed by atoms with E-state index in [0.717, 1.165) is 16.0 Å². The molecule has 126 valence electrons. The number of carbonyl (C=O) groups excluding carboxylic acids is 1. The van der Waals surface area contributed by atoms with Crippen LogP contribution in [0.4, 0.5) is 10.1 Å². The zero-order valence-corrected chi connectivity index (χ0v) is 13.5. The smallest absolute Gasteiger partial charge is 0.270 e. The Kier molecular flexibility index (Phi) is 4.48. The SMILES string of the molecule is N=c1sc(-c2ccccc2F)nn1CC(=O)c1cccc([N+](=O)[O-])c1. The molecule has 3 rings (SSSR count). The van der Waals surface area contributed by atoms with Gasteiger partial charge in [0.05, 0.1) is 4.92 Å². The molecule has 0 saturated carbocycles. The van der Waals surface area contributed by atoms with Crippen LogP contribution in [0.3, 0.4) is 0 Å². The fraction of sp³-hybridized carbons (Fsp3) is 0.0625. The topological polar surface area (TPSA) is 102 Å². The second-order valence-electron chi connectivity index (χ2n) is 5.08. The Bertz CT molecular complexity index is 1030. The van der Waals surface area contributed by atoms with Crippen molar-refractivity contribution in [3.05, 3.63) is 74.8 Å². The third-order valence-corrected chi connectivity index (χ3v) is 4.31. The van der Waals surface area contributed by atoms with Crippen LogP contribution in [0.25, 0.3) is 10.6 Å². The minimum Gasteiger partial charge on any atom is -0.292 e. The Hall–Kier alpha value is -3.20. The normalized spacial score (nSPS) is 10.6. The predicted molar refractivity (Wildman–Crippen MR) is 88.8 cm³/mol. The summed E-state index contributed by atoms with van der Waals surface area (Å²) >= 11 is 0.945. The van der Waals surface area contributed by atoms with Crippen LogP contribution in [-0.4, -0.2) is 20.5 Å². The summed E-state index contributed by atoms with van der Waals surface area (Å²) in [5, 5.41) is 23.1. The summed E-state index contributed by atoms with van der Waals surface area (Å²) in [7, 11) is 0. The van der Waals surface area contributed by atoms with Crippen molar-refractivity contribution in [3.8, 4) is 10.6 Å². The van der Waals surface area contributed by atoms with E-state index >= 15 is 0 Å². The van der Waals surface area contributed by atoms with Crippen molar-refractivity contribution in [3.63, 3.8) is 0 Å². The van der Waals surface area contributed by atoms with Crippen LogP contribution in [0.1, 0.15) is 10.4 Å². The average Bonchev–Trinajstić information content (AvgIpc) is 2.95. The maximum Gasteiger partial charge on any atom is 0.270 e. The van der Waals surface area contributed by atoms with Gasteiger partial charge in [0.2, 0.25) is 4.80 Å². The van der Waals surface area contributed by atoms with Gasteiger partial charge in [-0.1, -0.05) is 35.6 Å². The Morgan fingerprint density at radius 3 is 2.76 bits per heavy atom. The highest BCUT2D eigenvalue weighted by Crippen LogP contribution is 2.22. The van der Waals surface area contributed by atoms with E-state index in [1.54, 1.807) is 18.2 Å². The summed E-state index contributed by atoms with van der Waals surface area (Å²) in [6.07, 6.45) is 0. The van der Waals surface area contributed by atoms with Crippen molar-refractivity contribution < 1.29 is 14.1 Å². The van der Waals surface area contributed by atoms with Gasteiger partial charge in [-0.3, -0.25) is 20.3 Å². The minimum absolute atomic E-state index is 0.0166. The second-order valence-corrected chi connectivity index (χ2v) is 6.06. The molecule has 9 heteroatoms. The maximum atomic E-state index is 13.8. The number of Topliss-reactive ketones (excluding diaryl/α,β-unsaturated/α-hetero) is 1. The molecule has 0 atom stereocenters. The highest BCUT2D eigenvalue weighted by molar-refractivity contribution is 7.12. The lowest BCUT2D eigenvalue weighted by Crippen LogP contribution is -2.21. The zero-order valence-electron chi connectivity index (χ0n) is 12.7. The highest BCUT2D eigenvalue weighted by atomic mass is 32.1. The quantitative estimate of drug-likeness (QED) is 0.430. The largest absolute Gasteiger partial charge is 0.292 e. The lowest BCUT2D eigenvalue weighted by atomic mass is 10.1. The van der Waals surface area contributed by atoms with Gasteiger partial charge in [0.1, 0.15) is 17.4 Å². The number of hydrogen-bond donors (Lipinski definition) is 1. The first-order valence-corrected chi connectivity index (χ1v) is 7.92. The van der Waals surface area contributed by atoms with Crippen LogP contribution >= 0.6 is 11.3 Å². The molecule has 1 aromatic heterocycles. The van der Waals surface area contributed by atoms with Crippen molar-refractivity contribution in [2.75, 3.05) is 0 Å². The number of ketones is 1. The number of benzene rings is 2. The van der Waals surface area contributed by atoms with E-state index < -0.39 is 16.5 Å². The van der Waals surface area contributed by atoms with Gasteiger partial charge in [-0.05, 0) is 12.1 Å². The van der Waals surface area contributed by atoms with Crippen molar-refractivity contribution in [1.82, 2.24) is 9.78 Å². The molecule has 25 heavy (non-hydrogen) atoms. The van der Waals surface area contributed by atoms with E-state index in [0.29, 0.717) is 0 Å². The molecule has 1 heterocycles. The molecule has 7 nitrogen and oxygen atoms in total. The molecule has 0 fully saturated rings. The molecule has 0 radical (unpaired) electrons. The van der Waals surface area contributed by atoms with Crippen molar-refractivity contribution in [2.24, 2.45) is 0 Å². The summed E-state index contributed by atoms with van der Waals surface area (Å²) in [5.41, 5.74) is 0.219. The fourth-order valence-corrected chi connectivity index (χ4v) is 3.00. The Morgan fingerprint density at radius 2 is 2.04 bits per heavy atom. The summed E-state index contributed by atoms with van der Waals surface area (Å²) in [6.45, 7) is -0.259. The minimum atomic E-state index is -0.584. The molecular formula is C16H11FN4O3S. The number of nitro groups is 1. The van der Waals surface area contributed by atoms with Gasteiger partial charge in [-0.15, -0.1) is 0 Å². The van der Waals surface area contributed by atoms with Crippen LogP contribution in [0.15, 0.2) is 48.5 Å². The number of nitrogens with one attached hydrogen (secondary N) is 1. The van der Waals surface area contributed by atoms with Gasteiger partial charge in [0.25, 0.3) is 5.69 Å². The van der Waals surface area contributed by atoms with Gasteiger partial charge in [0, 0.05) is 23.3 Å². The molecule has 0 aliphatic heterocycles. The Labute approximate surface area is 144 Å². The van der Waals surface area contributed by atoms with E-state index in [9.17, 15) is 19.3 Å². The number of rotatable bonds is 5. The van der Waals surface area contributed by atoms with Gasteiger partial charge in [-0.25, -0.2) is 9.07 Å². The number of non-ortho nitro benzene ring substituents is 1. The van der Waals surface area contributed by atoms with E-state index in [1.165, 1.54) is 30.3 Å². The van der Waals surface area contributed by atoms with Gasteiger partial charge >= 0.3 is 0 Å². The molecule has 0 aliphatic rings.